The lowest BCUT2D eigenvalue weighted by Gasteiger charge is -2.37. The van der Waals surface area contributed by atoms with E-state index in [1.165, 1.54) is 18.9 Å². The van der Waals surface area contributed by atoms with Crippen LogP contribution < -0.4 is 25.4 Å². The van der Waals surface area contributed by atoms with Crippen LogP contribution in [0.2, 0.25) is 0 Å². The van der Waals surface area contributed by atoms with Crippen LogP contribution in [0.5, 0.6) is 5.75 Å². The van der Waals surface area contributed by atoms with Crippen molar-refractivity contribution >= 4 is 56.4 Å². The number of hydrogen-bond donors (Lipinski definition) is 4. The second-order valence-electron chi connectivity index (χ2n) is 19.8. The van der Waals surface area contributed by atoms with Gasteiger partial charge in [-0.25, -0.2) is 13.2 Å². The number of carbonyl (C=O) groups excluding carboxylic acids is 6. The molecule has 0 bridgehead atoms. The highest BCUT2D eigenvalue weighted by molar-refractivity contribution is 7.90. The predicted octanol–water partition coefficient (Wildman–Crippen LogP) is 4.79. The molecule has 1 aliphatic carbocycles. The Balaban J connectivity index is 1.45. The number of likely N-dealkylation sites (N-methyl/N-ethyl adjacent to an activating group) is 1. The highest BCUT2D eigenvalue weighted by Crippen LogP contribution is 2.31. The van der Waals surface area contributed by atoms with Crippen LogP contribution in [0, 0.1) is 23.7 Å². The van der Waals surface area contributed by atoms with Crippen molar-refractivity contribution in [3.63, 3.8) is 0 Å². The van der Waals surface area contributed by atoms with Crippen LogP contribution in [0.25, 0.3) is 10.8 Å². The number of allylic oxidation sites excluding steroid dienone is 1. The van der Waals surface area contributed by atoms with E-state index in [9.17, 15) is 37.2 Å². The quantitative estimate of drug-likeness (QED) is 0.0954. The molecular weight excluding hydrogens is 889 g/mol. The molecule has 366 valence electrons. The van der Waals surface area contributed by atoms with Gasteiger partial charge in [0.2, 0.25) is 33.7 Å². The van der Waals surface area contributed by atoms with Gasteiger partial charge < -0.3 is 30.3 Å². The summed E-state index contributed by atoms with van der Waals surface area (Å²) in [7, 11) is -2.59. The largest absolute Gasteiger partial charge is 0.481 e. The lowest BCUT2D eigenvalue weighted by molar-refractivity contribution is -0.145. The minimum Gasteiger partial charge on any atom is -0.481 e. The Bertz CT molecular complexity index is 2500. The third-order valence-corrected chi connectivity index (χ3v) is 13.8. The first-order chi connectivity index (χ1) is 31.9. The molecule has 1 saturated carbocycles. The summed E-state index contributed by atoms with van der Waals surface area (Å²) in [5.74, 6) is -0.858. The minimum atomic E-state index is -4.02. The third-order valence-electron chi connectivity index (χ3n) is 11.9. The molecule has 3 aromatic carbocycles. The number of sulfonamides is 1. The maximum Gasteiger partial charge on any atom is 0.410 e. The molecule has 17 heteroatoms. The molecule has 5 rings (SSSR count). The van der Waals surface area contributed by atoms with Gasteiger partial charge in [-0.3, -0.25) is 33.6 Å². The molecule has 1 saturated heterocycles. The van der Waals surface area contributed by atoms with E-state index in [1.54, 1.807) is 71.9 Å². The van der Waals surface area contributed by atoms with Crippen molar-refractivity contribution in [2.75, 3.05) is 20.2 Å². The molecule has 2 aliphatic rings. The Morgan fingerprint density at radius 1 is 0.868 bits per heavy atom. The summed E-state index contributed by atoms with van der Waals surface area (Å²) in [6.07, 6.45) is 7.63. The third kappa shape index (κ3) is 14.3. The molecule has 1 aliphatic heterocycles. The van der Waals surface area contributed by atoms with Gasteiger partial charge in [-0.2, -0.15) is 0 Å². The molecule has 4 N–H and O–H groups in total. The first kappa shape index (κ1) is 52.6. The fourth-order valence-electron chi connectivity index (χ4n) is 7.88. The van der Waals surface area contributed by atoms with Gasteiger partial charge in [0.15, 0.2) is 0 Å². The molecule has 68 heavy (non-hydrogen) atoms. The first-order valence-corrected chi connectivity index (χ1v) is 24.4. The smallest absolute Gasteiger partial charge is 0.410 e. The number of benzene rings is 3. The average Bonchev–Trinajstić information content (AvgIpc) is 4.06. The van der Waals surface area contributed by atoms with Crippen LogP contribution in [0.4, 0.5) is 4.79 Å². The number of nitrogens with zero attached hydrogens (tertiary/aromatic N) is 2. The Kier molecular flexibility index (Phi) is 17.1. The van der Waals surface area contributed by atoms with E-state index in [0.29, 0.717) is 36.1 Å². The van der Waals surface area contributed by atoms with Gasteiger partial charge in [0.25, 0.3) is 5.91 Å². The molecule has 0 spiro atoms. The van der Waals surface area contributed by atoms with Crippen LogP contribution in [0.3, 0.4) is 0 Å². The zero-order valence-electron chi connectivity index (χ0n) is 40.3. The maximum absolute atomic E-state index is 14.8. The van der Waals surface area contributed by atoms with E-state index in [1.807, 2.05) is 42.5 Å². The van der Waals surface area contributed by atoms with E-state index >= 15 is 0 Å². The molecule has 1 heterocycles. The summed E-state index contributed by atoms with van der Waals surface area (Å²) in [4.78, 5) is 87.3. The Morgan fingerprint density at radius 3 is 2.09 bits per heavy atom. The van der Waals surface area contributed by atoms with E-state index < -0.39 is 92.1 Å². The lowest BCUT2D eigenvalue weighted by Crippen LogP contribution is -2.61. The summed E-state index contributed by atoms with van der Waals surface area (Å²) in [6, 6.07) is 13.9. The van der Waals surface area contributed by atoms with Gasteiger partial charge in [-0.1, -0.05) is 87.4 Å². The standard InChI is InChI=1S/C51H66N6O10S/c1-11-15-35-30-42(57(31-35)48(62)43(50(4,5)6)54-44(58)32(3)56(10)49(63)67-51(7,8)9)47(61)53-40(29-34-18-21-36-16-13-14-17-37(36)27-34)45(59)52-41(46(60)55-68(64,65)39-24-25-39)28-33-19-22-38(23-20-33)66-26-12-2/h2,11,13-14,16-23,27,32,35,39-43H,1,15,24-26,28-31H2,3-10H3,(H,52,59)(H,53,61)(H,54,58)(H,55,60)/t32-,35-,40-,41-,42-,43+/m0/s1. The van der Waals surface area contributed by atoms with Crippen molar-refractivity contribution in [2.24, 2.45) is 11.3 Å². The monoisotopic (exact) mass is 954 g/mol. The fourth-order valence-corrected chi connectivity index (χ4v) is 9.23. The summed E-state index contributed by atoms with van der Waals surface area (Å²) in [6.45, 7) is 16.0. The molecule has 6 amide bonds. The normalized spacial score (nSPS) is 17.9. The minimum absolute atomic E-state index is 0.0354. The van der Waals surface area contributed by atoms with E-state index in [2.05, 4.69) is 33.2 Å². The highest BCUT2D eigenvalue weighted by atomic mass is 32.2. The van der Waals surface area contributed by atoms with Crippen molar-refractivity contribution in [3.05, 3.63) is 90.5 Å². The van der Waals surface area contributed by atoms with Crippen molar-refractivity contribution in [2.45, 2.75) is 128 Å². The van der Waals surface area contributed by atoms with E-state index in [-0.39, 0.29) is 38.3 Å². The molecule has 0 aromatic heterocycles. The Hall–Kier alpha value is -6.41. The van der Waals surface area contributed by atoms with Crippen molar-refractivity contribution < 1.29 is 46.7 Å². The number of amides is 6. The first-order valence-electron chi connectivity index (χ1n) is 22.9. The zero-order valence-corrected chi connectivity index (χ0v) is 41.1. The number of nitrogens with one attached hydrogen (secondary N) is 4. The molecule has 0 unspecified atom stereocenters. The van der Waals surface area contributed by atoms with Crippen LogP contribution in [0.1, 0.15) is 85.3 Å². The van der Waals surface area contributed by atoms with E-state index in [4.69, 9.17) is 15.9 Å². The van der Waals surface area contributed by atoms with Gasteiger partial charge in [-0.05, 0) is 98.7 Å². The van der Waals surface area contributed by atoms with Gasteiger partial charge >= 0.3 is 6.09 Å². The molecular formula is C51H66N6O10S. The predicted molar refractivity (Wildman–Crippen MR) is 259 cm³/mol. The molecule has 3 aromatic rings. The van der Waals surface area contributed by atoms with Crippen LogP contribution in [0.15, 0.2) is 79.4 Å². The fraction of sp³-hybridized carbons (Fsp3) is 0.490. The lowest BCUT2D eigenvalue weighted by atomic mass is 9.85. The molecule has 2 fully saturated rings. The maximum atomic E-state index is 14.8. The molecule has 0 radical (unpaired) electrons. The number of ether oxygens (including phenoxy) is 2. The number of hydrogen-bond acceptors (Lipinski definition) is 10. The van der Waals surface area contributed by atoms with Gasteiger partial charge in [-0.15, -0.1) is 13.0 Å². The topological polar surface area (TPSA) is 210 Å². The second-order valence-corrected chi connectivity index (χ2v) is 21.7. The van der Waals surface area contributed by atoms with E-state index in [0.717, 1.165) is 15.7 Å². The molecule has 16 nitrogen and oxygen atoms in total. The number of terminal acetylenes is 1. The highest BCUT2D eigenvalue weighted by Gasteiger charge is 2.46. The summed E-state index contributed by atoms with van der Waals surface area (Å²) in [5, 5.41) is 9.60. The molecule has 6 atom stereocenters. The Morgan fingerprint density at radius 2 is 1.49 bits per heavy atom. The van der Waals surface area contributed by atoms with Gasteiger partial charge in [0.1, 0.15) is 48.2 Å². The summed E-state index contributed by atoms with van der Waals surface area (Å²) >= 11 is 0. The van der Waals surface area contributed by atoms with Crippen LogP contribution >= 0.6 is 0 Å². The number of fused-ring (bicyclic) bond motifs is 1. The second kappa shape index (κ2) is 22.1. The average molecular weight is 955 g/mol. The van der Waals surface area contributed by atoms with Gasteiger partial charge in [0, 0.05) is 26.4 Å². The van der Waals surface area contributed by atoms with Crippen molar-refractivity contribution in [3.8, 4) is 18.1 Å². The number of carbonyl (C=O) groups is 6. The summed E-state index contributed by atoms with van der Waals surface area (Å²) in [5.41, 5.74) is -0.439. The number of likely N-dealkylation sites (tertiary alicyclic amines) is 1. The van der Waals surface area contributed by atoms with Crippen LogP contribution in [-0.2, 0) is 51.6 Å². The summed E-state index contributed by atoms with van der Waals surface area (Å²) < 4.78 is 39.1. The van der Waals surface area contributed by atoms with Crippen LogP contribution in [-0.4, -0.2) is 115 Å². The van der Waals surface area contributed by atoms with Gasteiger partial charge in [0.05, 0.1) is 5.25 Å². The zero-order chi connectivity index (χ0) is 50.1. The number of rotatable bonds is 19. The van der Waals surface area contributed by atoms with Crippen molar-refractivity contribution in [1.29, 1.82) is 0 Å². The Labute approximate surface area is 400 Å². The SMILES string of the molecule is C#CCOc1ccc(C[C@H](NC(=O)[C@H](Cc2ccc3ccccc3c2)NC(=O)[C@@H]2C[C@H](CC=C)CN2C(=O)[C@@H](NC(=O)[C@H](C)N(C)C(=O)OC(C)(C)C)C(C)(C)C)C(=O)NS(=O)(=O)C2CC2)cc1. The van der Waals surface area contributed by atoms with Crippen molar-refractivity contribution in [1.82, 2.24) is 30.5 Å².